The summed E-state index contributed by atoms with van der Waals surface area (Å²) in [5.74, 6) is 0.165. The number of rotatable bonds is 3. The first-order valence-corrected chi connectivity index (χ1v) is 5.62. The highest BCUT2D eigenvalue weighted by Gasteiger charge is 2.20. The zero-order chi connectivity index (χ0) is 12.4. The summed E-state index contributed by atoms with van der Waals surface area (Å²) in [5.41, 5.74) is 11.6. The molecule has 0 radical (unpaired) electrons. The lowest BCUT2D eigenvalue weighted by Gasteiger charge is -2.11. The van der Waals surface area contributed by atoms with Crippen molar-refractivity contribution >= 4 is 11.7 Å². The monoisotopic (exact) mass is 236 g/mol. The Kier molecular flexibility index (Phi) is 3.23. The van der Waals surface area contributed by atoms with Gasteiger partial charge in [0, 0.05) is 13.0 Å². The highest BCUT2D eigenvalue weighted by molar-refractivity contribution is 5.98. The van der Waals surface area contributed by atoms with E-state index >= 15 is 0 Å². The van der Waals surface area contributed by atoms with Gasteiger partial charge in [-0.3, -0.25) is 4.79 Å². The Bertz CT molecular complexity index is 418. The molecule has 1 unspecified atom stereocenters. The highest BCUT2D eigenvalue weighted by Crippen LogP contribution is 2.18. The number of carbonyl (C=O) groups is 1. The second kappa shape index (κ2) is 4.67. The maximum absolute atomic E-state index is 11.1. The average molecular weight is 236 g/mol. The van der Waals surface area contributed by atoms with Crippen LogP contribution in [0.15, 0.2) is 0 Å². The molecule has 0 bridgehead atoms. The van der Waals surface area contributed by atoms with Crippen molar-refractivity contribution in [1.82, 2.24) is 9.97 Å². The van der Waals surface area contributed by atoms with Crippen molar-refractivity contribution in [1.29, 1.82) is 0 Å². The van der Waals surface area contributed by atoms with Crippen LogP contribution in [-0.4, -0.2) is 28.6 Å². The first-order chi connectivity index (χ1) is 8.08. The molecular formula is C11H16N4O2. The molecule has 0 aromatic carbocycles. The van der Waals surface area contributed by atoms with Gasteiger partial charge >= 0.3 is 0 Å². The van der Waals surface area contributed by atoms with E-state index in [-0.39, 0.29) is 17.5 Å². The molecule has 1 atom stereocenters. The molecule has 17 heavy (non-hydrogen) atoms. The Balaban J connectivity index is 2.22. The van der Waals surface area contributed by atoms with E-state index in [0.717, 1.165) is 19.4 Å². The van der Waals surface area contributed by atoms with E-state index in [0.29, 0.717) is 17.9 Å². The summed E-state index contributed by atoms with van der Waals surface area (Å²) in [4.78, 5) is 19.5. The first kappa shape index (κ1) is 11.8. The SMILES string of the molecule is Cc1nc(CC2CCCO2)nc(N)c1C(N)=O. The number of hydrogen-bond donors (Lipinski definition) is 2. The maximum atomic E-state index is 11.1. The average Bonchev–Trinajstić information content (AvgIpc) is 2.68. The van der Waals surface area contributed by atoms with Crippen LogP contribution in [-0.2, 0) is 11.2 Å². The number of aromatic nitrogens is 2. The van der Waals surface area contributed by atoms with Crippen molar-refractivity contribution < 1.29 is 9.53 Å². The first-order valence-electron chi connectivity index (χ1n) is 5.62. The number of nitrogens with zero attached hydrogens (tertiary/aromatic N) is 2. The van der Waals surface area contributed by atoms with Gasteiger partial charge in [-0.1, -0.05) is 0 Å². The van der Waals surface area contributed by atoms with Crippen LogP contribution in [0.3, 0.4) is 0 Å². The van der Waals surface area contributed by atoms with Gasteiger partial charge in [0.2, 0.25) is 0 Å². The molecule has 0 saturated carbocycles. The third-order valence-electron chi connectivity index (χ3n) is 2.84. The van der Waals surface area contributed by atoms with E-state index in [9.17, 15) is 4.79 Å². The topological polar surface area (TPSA) is 104 Å². The van der Waals surface area contributed by atoms with E-state index in [1.807, 2.05) is 0 Å². The van der Waals surface area contributed by atoms with Crippen LogP contribution in [0.2, 0.25) is 0 Å². The normalized spacial score (nSPS) is 19.5. The number of anilines is 1. The fourth-order valence-electron chi connectivity index (χ4n) is 2.06. The Morgan fingerprint density at radius 2 is 2.29 bits per heavy atom. The Morgan fingerprint density at radius 1 is 1.53 bits per heavy atom. The largest absolute Gasteiger partial charge is 0.383 e. The zero-order valence-corrected chi connectivity index (χ0v) is 9.77. The number of carbonyl (C=O) groups excluding carboxylic acids is 1. The molecule has 4 N–H and O–H groups in total. The lowest BCUT2D eigenvalue weighted by Crippen LogP contribution is -2.20. The Labute approximate surface area is 99.4 Å². The molecule has 6 heteroatoms. The van der Waals surface area contributed by atoms with Gasteiger partial charge in [0.05, 0.1) is 11.8 Å². The summed E-state index contributed by atoms with van der Waals surface area (Å²) in [5, 5.41) is 0. The Hall–Kier alpha value is -1.69. The smallest absolute Gasteiger partial charge is 0.254 e. The summed E-state index contributed by atoms with van der Waals surface area (Å²) < 4.78 is 5.50. The van der Waals surface area contributed by atoms with Crippen molar-refractivity contribution in [3.05, 3.63) is 17.1 Å². The predicted molar refractivity (Wildman–Crippen MR) is 62.4 cm³/mol. The molecule has 0 spiro atoms. The molecule has 2 rings (SSSR count). The summed E-state index contributed by atoms with van der Waals surface area (Å²) in [6, 6.07) is 0. The molecule has 1 aromatic heterocycles. The van der Waals surface area contributed by atoms with Crippen molar-refractivity contribution in [2.24, 2.45) is 5.73 Å². The number of nitrogens with two attached hydrogens (primary N) is 2. The predicted octanol–water partition coefficient (Wildman–Crippen LogP) is 0.188. The number of hydrogen-bond acceptors (Lipinski definition) is 5. The van der Waals surface area contributed by atoms with Crippen LogP contribution in [0.4, 0.5) is 5.82 Å². The van der Waals surface area contributed by atoms with Crippen molar-refractivity contribution in [2.75, 3.05) is 12.3 Å². The van der Waals surface area contributed by atoms with E-state index in [2.05, 4.69) is 9.97 Å². The third-order valence-corrected chi connectivity index (χ3v) is 2.84. The third kappa shape index (κ3) is 2.52. The van der Waals surface area contributed by atoms with Gasteiger partial charge in [-0.2, -0.15) is 0 Å². The van der Waals surface area contributed by atoms with Crippen LogP contribution < -0.4 is 11.5 Å². The molecular weight excluding hydrogens is 220 g/mol. The minimum absolute atomic E-state index is 0.151. The van der Waals surface area contributed by atoms with Gasteiger partial charge in [-0.05, 0) is 19.8 Å². The van der Waals surface area contributed by atoms with E-state index in [4.69, 9.17) is 16.2 Å². The molecule has 2 heterocycles. The van der Waals surface area contributed by atoms with Gasteiger partial charge in [0.15, 0.2) is 0 Å². The van der Waals surface area contributed by atoms with Crippen molar-refractivity contribution in [2.45, 2.75) is 32.3 Å². The number of nitrogen functional groups attached to an aromatic ring is 1. The van der Waals surface area contributed by atoms with Crippen molar-refractivity contribution in [3.63, 3.8) is 0 Å². The molecule has 1 aliphatic rings. The lowest BCUT2D eigenvalue weighted by molar-refractivity contribution is 0.0999. The van der Waals surface area contributed by atoms with Crippen molar-refractivity contribution in [3.8, 4) is 0 Å². The molecule has 1 saturated heterocycles. The van der Waals surface area contributed by atoms with Crippen LogP contribution in [0.5, 0.6) is 0 Å². The number of amides is 1. The second-order valence-corrected chi connectivity index (χ2v) is 4.19. The lowest BCUT2D eigenvalue weighted by atomic mass is 10.1. The number of ether oxygens (including phenoxy) is 1. The van der Waals surface area contributed by atoms with E-state index < -0.39 is 5.91 Å². The molecule has 1 amide bonds. The van der Waals surface area contributed by atoms with Crippen LogP contribution >= 0.6 is 0 Å². The van der Waals surface area contributed by atoms with E-state index in [1.165, 1.54) is 0 Å². The van der Waals surface area contributed by atoms with Gasteiger partial charge in [0.1, 0.15) is 17.2 Å². The van der Waals surface area contributed by atoms with Gasteiger partial charge < -0.3 is 16.2 Å². The molecule has 1 aliphatic heterocycles. The van der Waals surface area contributed by atoms with E-state index in [1.54, 1.807) is 6.92 Å². The highest BCUT2D eigenvalue weighted by atomic mass is 16.5. The number of aryl methyl sites for hydroxylation is 1. The zero-order valence-electron chi connectivity index (χ0n) is 9.77. The van der Waals surface area contributed by atoms with Gasteiger partial charge in [0.25, 0.3) is 5.91 Å². The van der Waals surface area contributed by atoms with Crippen LogP contribution in [0.1, 0.15) is 34.7 Å². The minimum Gasteiger partial charge on any atom is -0.383 e. The van der Waals surface area contributed by atoms with Gasteiger partial charge in [-0.15, -0.1) is 0 Å². The quantitative estimate of drug-likeness (QED) is 0.779. The summed E-state index contributed by atoms with van der Waals surface area (Å²) >= 11 is 0. The fraction of sp³-hybridized carbons (Fsp3) is 0.545. The van der Waals surface area contributed by atoms with Crippen LogP contribution in [0.25, 0.3) is 0 Å². The second-order valence-electron chi connectivity index (χ2n) is 4.19. The molecule has 0 aliphatic carbocycles. The minimum atomic E-state index is -0.594. The fourth-order valence-corrected chi connectivity index (χ4v) is 2.06. The van der Waals surface area contributed by atoms with Crippen LogP contribution in [0, 0.1) is 6.92 Å². The summed E-state index contributed by atoms with van der Waals surface area (Å²) in [6.45, 7) is 2.50. The number of primary amides is 1. The van der Waals surface area contributed by atoms with Gasteiger partial charge in [-0.25, -0.2) is 9.97 Å². The Morgan fingerprint density at radius 3 is 2.82 bits per heavy atom. The molecule has 1 aromatic rings. The summed E-state index contributed by atoms with van der Waals surface area (Å²) in [6.07, 6.45) is 2.87. The molecule has 6 nitrogen and oxygen atoms in total. The standard InChI is InChI=1S/C11H16N4O2/c1-6-9(11(13)16)10(12)15-8(14-6)5-7-3-2-4-17-7/h7H,2-5H2,1H3,(H2,13,16)(H2,12,14,15). The summed E-state index contributed by atoms with van der Waals surface area (Å²) in [7, 11) is 0. The molecule has 1 fully saturated rings. The molecule has 92 valence electrons. The maximum Gasteiger partial charge on any atom is 0.254 e.